The third-order valence-electron chi connectivity index (χ3n) is 5.41. The van der Waals surface area contributed by atoms with Gasteiger partial charge in [0, 0.05) is 11.1 Å². The number of anilines is 1. The normalized spacial score (nSPS) is 15.1. The molecule has 0 radical (unpaired) electrons. The number of urea groups is 1. The van der Waals surface area contributed by atoms with E-state index in [9.17, 15) is 18.8 Å². The molecule has 166 valence electrons. The van der Waals surface area contributed by atoms with E-state index < -0.39 is 23.7 Å². The number of halogens is 1. The van der Waals surface area contributed by atoms with Gasteiger partial charge in [-0.15, -0.1) is 0 Å². The van der Waals surface area contributed by atoms with Crippen molar-refractivity contribution in [2.24, 2.45) is 0 Å². The minimum atomic E-state index is -0.811. The van der Waals surface area contributed by atoms with Gasteiger partial charge >= 0.3 is 6.03 Å². The lowest BCUT2D eigenvalue weighted by atomic mass is 10.0. The van der Waals surface area contributed by atoms with Gasteiger partial charge in [0.1, 0.15) is 23.7 Å². The molecule has 3 aromatic rings. The van der Waals surface area contributed by atoms with Crippen LogP contribution >= 0.6 is 0 Å². The lowest BCUT2D eigenvalue weighted by molar-refractivity contribution is -0.122. The zero-order valence-electron chi connectivity index (χ0n) is 18.1. The number of ether oxygens (including phenoxy) is 1. The van der Waals surface area contributed by atoms with E-state index in [4.69, 9.17) is 4.74 Å². The molecule has 1 fully saturated rings. The van der Waals surface area contributed by atoms with Crippen LogP contribution in [0, 0.1) is 19.7 Å². The Labute approximate surface area is 190 Å². The summed E-state index contributed by atoms with van der Waals surface area (Å²) in [5.41, 5.74) is 2.89. The highest BCUT2D eigenvalue weighted by atomic mass is 19.1. The van der Waals surface area contributed by atoms with Crippen molar-refractivity contribution < 1.29 is 23.5 Å². The Morgan fingerprint density at radius 1 is 0.939 bits per heavy atom. The highest BCUT2D eigenvalue weighted by molar-refractivity contribution is 6.39. The largest absolute Gasteiger partial charge is 0.488 e. The summed E-state index contributed by atoms with van der Waals surface area (Å²) in [7, 11) is 0. The minimum absolute atomic E-state index is 0.0275. The zero-order valence-corrected chi connectivity index (χ0v) is 18.1. The Morgan fingerprint density at radius 2 is 1.67 bits per heavy atom. The van der Waals surface area contributed by atoms with Crippen LogP contribution < -0.4 is 15.0 Å². The molecule has 0 aromatic heterocycles. The molecule has 6 nitrogen and oxygen atoms in total. The molecule has 1 N–H and O–H groups in total. The summed E-state index contributed by atoms with van der Waals surface area (Å²) >= 11 is 0. The number of imide groups is 2. The average molecular weight is 444 g/mol. The Morgan fingerprint density at radius 3 is 2.42 bits per heavy atom. The van der Waals surface area contributed by atoms with Crippen molar-refractivity contribution in [3.8, 4) is 5.75 Å². The number of hydrogen-bond acceptors (Lipinski definition) is 4. The summed E-state index contributed by atoms with van der Waals surface area (Å²) in [4.78, 5) is 39.1. The number of nitrogens with zero attached hydrogens (tertiary/aromatic N) is 1. The Kier molecular flexibility index (Phi) is 6.04. The van der Waals surface area contributed by atoms with Crippen LogP contribution in [0.25, 0.3) is 6.08 Å². The summed E-state index contributed by atoms with van der Waals surface area (Å²) in [6.45, 7) is 3.76. The number of rotatable bonds is 5. The molecule has 0 spiro atoms. The fourth-order valence-electron chi connectivity index (χ4n) is 3.41. The van der Waals surface area contributed by atoms with Crippen LogP contribution in [0.2, 0.25) is 0 Å². The van der Waals surface area contributed by atoms with E-state index in [-0.39, 0.29) is 12.2 Å². The Balaban J connectivity index is 1.66. The minimum Gasteiger partial charge on any atom is -0.488 e. The van der Waals surface area contributed by atoms with Crippen molar-refractivity contribution in [2.45, 2.75) is 20.5 Å². The predicted octanol–water partition coefficient (Wildman–Crippen LogP) is 4.69. The first-order valence-electron chi connectivity index (χ1n) is 10.3. The van der Waals surface area contributed by atoms with Gasteiger partial charge in [-0.3, -0.25) is 14.9 Å². The highest BCUT2D eigenvalue weighted by Crippen LogP contribution is 2.27. The van der Waals surface area contributed by atoms with Gasteiger partial charge in [-0.2, -0.15) is 0 Å². The summed E-state index contributed by atoms with van der Waals surface area (Å²) < 4.78 is 19.7. The second-order valence-corrected chi connectivity index (χ2v) is 7.64. The van der Waals surface area contributed by atoms with E-state index in [2.05, 4.69) is 5.32 Å². The number of hydrogen-bond donors (Lipinski definition) is 1. The lowest BCUT2D eigenvalue weighted by Gasteiger charge is -2.27. The van der Waals surface area contributed by atoms with Gasteiger partial charge in [0.05, 0.1) is 5.69 Å². The topological polar surface area (TPSA) is 75.7 Å². The predicted molar refractivity (Wildman–Crippen MR) is 122 cm³/mol. The van der Waals surface area contributed by atoms with Crippen molar-refractivity contribution in [3.05, 3.63) is 100 Å². The van der Waals surface area contributed by atoms with E-state index >= 15 is 0 Å². The van der Waals surface area contributed by atoms with E-state index in [0.29, 0.717) is 22.6 Å². The third kappa shape index (κ3) is 4.52. The third-order valence-corrected chi connectivity index (χ3v) is 5.41. The molecule has 1 heterocycles. The molecule has 0 saturated carbocycles. The monoisotopic (exact) mass is 444 g/mol. The number of barbiturate groups is 1. The Hall–Kier alpha value is -4.26. The number of para-hydroxylation sites is 1. The van der Waals surface area contributed by atoms with Crippen LogP contribution in [-0.4, -0.2) is 17.8 Å². The van der Waals surface area contributed by atoms with Gasteiger partial charge < -0.3 is 4.74 Å². The van der Waals surface area contributed by atoms with Gasteiger partial charge in [-0.05, 0) is 55.3 Å². The quantitative estimate of drug-likeness (QED) is 0.458. The van der Waals surface area contributed by atoms with E-state index in [1.807, 2.05) is 13.8 Å². The maximum atomic E-state index is 13.9. The van der Waals surface area contributed by atoms with Crippen LogP contribution in [0.15, 0.2) is 72.3 Å². The fourth-order valence-corrected chi connectivity index (χ4v) is 3.41. The smallest absolute Gasteiger partial charge is 0.335 e. The molecule has 0 unspecified atom stereocenters. The Bertz CT molecular complexity index is 1300. The van der Waals surface area contributed by atoms with Crippen molar-refractivity contribution >= 4 is 29.6 Å². The molecule has 7 heteroatoms. The molecule has 3 aromatic carbocycles. The van der Waals surface area contributed by atoms with E-state index in [0.717, 1.165) is 16.0 Å². The molecular formula is C26H21FN2O4. The van der Waals surface area contributed by atoms with Crippen molar-refractivity contribution in [2.75, 3.05) is 4.90 Å². The molecule has 4 rings (SSSR count). The molecule has 1 aliphatic heterocycles. The first kappa shape index (κ1) is 22.0. The van der Waals surface area contributed by atoms with Crippen molar-refractivity contribution in [1.82, 2.24) is 5.32 Å². The van der Waals surface area contributed by atoms with Crippen LogP contribution in [0.4, 0.5) is 14.9 Å². The van der Waals surface area contributed by atoms with E-state index in [1.54, 1.807) is 60.7 Å². The lowest BCUT2D eigenvalue weighted by Crippen LogP contribution is -2.54. The number of nitrogens with one attached hydrogen (secondary N) is 1. The maximum absolute atomic E-state index is 13.9. The number of amides is 4. The van der Waals surface area contributed by atoms with Gasteiger partial charge in [0.2, 0.25) is 0 Å². The highest BCUT2D eigenvalue weighted by Gasteiger charge is 2.37. The van der Waals surface area contributed by atoms with Gasteiger partial charge in [-0.25, -0.2) is 14.1 Å². The van der Waals surface area contributed by atoms with Crippen molar-refractivity contribution in [3.63, 3.8) is 0 Å². The molecule has 4 amide bonds. The second-order valence-electron chi connectivity index (χ2n) is 7.64. The molecule has 0 atom stereocenters. The van der Waals surface area contributed by atoms with Crippen LogP contribution in [0.1, 0.15) is 22.3 Å². The first-order chi connectivity index (χ1) is 15.8. The molecule has 0 bridgehead atoms. The summed E-state index contributed by atoms with van der Waals surface area (Å²) in [5.74, 6) is -1.56. The number of aryl methyl sites for hydroxylation is 2. The SMILES string of the molecule is Cc1ccc(N2C(=O)NC(=O)/C(=C\c3ccccc3OCc3ccccc3F)C2=O)cc1C. The van der Waals surface area contributed by atoms with Crippen LogP contribution in [0.5, 0.6) is 5.75 Å². The molecule has 0 aliphatic carbocycles. The molecule has 33 heavy (non-hydrogen) atoms. The van der Waals surface area contributed by atoms with Gasteiger partial charge in [-0.1, -0.05) is 42.5 Å². The van der Waals surface area contributed by atoms with Gasteiger partial charge in [0.15, 0.2) is 0 Å². The number of carbonyl (C=O) groups excluding carboxylic acids is 3. The maximum Gasteiger partial charge on any atom is 0.335 e. The molecule has 1 aliphatic rings. The fraction of sp³-hybridized carbons (Fsp3) is 0.115. The first-order valence-corrected chi connectivity index (χ1v) is 10.3. The second kappa shape index (κ2) is 9.08. The summed E-state index contributed by atoms with van der Waals surface area (Å²) in [6.07, 6.45) is 1.37. The van der Waals surface area contributed by atoms with Gasteiger partial charge in [0.25, 0.3) is 11.8 Å². The standard InChI is InChI=1S/C26H21FN2O4/c1-16-11-12-20(13-17(16)2)29-25(31)21(24(30)28-26(29)32)14-18-7-4-6-10-23(18)33-15-19-8-3-5-9-22(19)27/h3-14H,15H2,1-2H3,(H,28,30,32)/b21-14+. The number of benzene rings is 3. The summed E-state index contributed by atoms with van der Waals surface area (Å²) in [6, 6.07) is 17.4. The summed E-state index contributed by atoms with van der Waals surface area (Å²) in [5, 5.41) is 2.22. The van der Waals surface area contributed by atoms with E-state index in [1.165, 1.54) is 12.1 Å². The molecular weight excluding hydrogens is 423 g/mol. The van der Waals surface area contributed by atoms with Crippen LogP contribution in [-0.2, 0) is 16.2 Å². The van der Waals surface area contributed by atoms with Crippen molar-refractivity contribution in [1.29, 1.82) is 0 Å². The van der Waals surface area contributed by atoms with Crippen LogP contribution in [0.3, 0.4) is 0 Å². The zero-order chi connectivity index (χ0) is 23.5. The number of carbonyl (C=O) groups is 3. The molecule has 1 saturated heterocycles. The average Bonchev–Trinajstić information content (AvgIpc) is 2.79.